The summed E-state index contributed by atoms with van der Waals surface area (Å²) in [7, 11) is 0. The average Bonchev–Trinajstić information content (AvgIpc) is 1.88. The lowest BCUT2D eigenvalue weighted by Crippen LogP contribution is -2.29. The van der Waals surface area contributed by atoms with Crippen LogP contribution in [-0.4, -0.2) is 23.0 Å². The van der Waals surface area contributed by atoms with Crippen molar-refractivity contribution in [1.29, 1.82) is 0 Å². The van der Waals surface area contributed by atoms with Gasteiger partial charge >= 0.3 is 5.97 Å². The van der Waals surface area contributed by atoms with Gasteiger partial charge in [-0.2, -0.15) is 0 Å². The van der Waals surface area contributed by atoms with Crippen molar-refractivity contribution in [3.05, 3.63) is 0 Å². The van der Waals surface area contributed by atoms with Gasteiger partial charge in [0.05, 0.1) is 5.88 Å². The van der Waals surface area contributed by atoms with Gasteiger partial charge in [0.25, 0.3) is 0 Å². The van der Waals surface area contributed by atoms with Crippen molar-refractivity contribution < 1.29 is 9.90 Å². The molecule has 3 N–H and O–H groups in total. The van der Waals surface area contributed by atoms with E-state index < -0.39 is 12.0 Å². The number of rotatable bonds is 2. The lowest BCUT2D eigenvalue weighted by Gasteiger charge is -1.97. The Morgan fingerprint density at radius 3 is 2.70 bits per heavy atom. The predicted octanol–water partition coefficient (Wildman–Crippen LogP) is 0.0306. The minimum Gasteiger partial charge on any atom is -0.480 e. The van der Waals surface area contributed by atoms with Gasteiger partial charge in [-0.15, -0.1) is 11.6 Å². The van der Waals surface area contributed by atoms with Crippen LogP contribution in [0.1, 0.15) is 6.42 Å². The summed E-state index contributed by atoms with van der Waals surface area (Å²) >= 11 is 5.20. The quantitative estimate of drug-likeness (QED) is 0.444. The normalized spacial score (nSPS) is 11.4. The van der Waals surface area contributed by atoms with Gasteiger partial charge in [0.1, 0.15) is 6.04 Å². The zero-order chi connectivity index (χ0) is 7.98. The molecule has 0 aromatic heterocycles. The van der Waals surface area contributed by atoms with E-state index in [2.05, 4.69) is 11.8 Å². The van der Waals surface area contributed by atoms with Crippen molar-refractivity contribution in [1.82, 2.24) is 0 Å². The zero-order valence-electron chi connectivity index (χ0n) is 5.30. The molecule has 0 aliphatic carbocycles. The molecule has 0 unspecified atom stereocenters. The van der Waals surface area contributed by atoms with Crippen LogP contribution in [0.3, 0.4) is 0 Å². The third-order valence-electron chi connectivity index (χ3n) is 0.831. The molecule has 0 radical (unpaired) electrons. The first-order valence-corrected chi connectivity index (χ1v) is 3.22. The van der Waals surface area contributed by atoms with E-state index in [1.807, 2.05) is 0 Å². The van der Waals surface area contributed by atoms with Crippen molar-refractivity contribution in [2.45, 2.75) is 12.5 Å². The molecule has 56 valence electrons. The van der Waals surface area contributed by atoms with Crippen LogP contribution < -0.4 is 5.73 Å². The van der Waals surface area contributed by atoms with E-state index in [1.54, 1.807) is 0 Å². The Bertz CT molecular complexity index is 170. The number of nitrogens with two attached hydrogens (primary N) is 1. The second kappa shape index (κ2) is 5.10. The van der Waals surface area contributed by atoms with Gasteiger partial charge in [-0.1, -0.05) is 11.8 Å². The zero-order valence-corrected chi connectivity index (χ0v) is 6.06. The number of halogens is 1. The number of carboxylic acid groups (broad SMARTS) is 1. The molecule has 0 saturated heterocycles. The first-order valence-electron chi connectivity index (χ1n) is 2.68. The molecule has 0 aromatic carbocycles. The molecular weight excluding hydrogens is 154 g/mol. The highest BCUT2D eigenvalue weighted by Gasteiger charge is 2.07. The van der Waals surface area contributed by atoms with Crippen LogP contribution in [0.15, 0.2) is 0 Å². The second-order valence-electron chi connectivity index (χ2n) is 1.64. The smallest absolute Gasteiger partial charge is 0.321 e. The fraction of sp³-hybridized carbons (Fsp3) is 0.500. The van der Waals surface area contributed by atoms with Gasteiger partial charge in [-0.25, -0.2) is 0 Å². The first kappa shape index (κ1) is 9.28. The summed E-state index contributed by atoms with van der Waals surface area (Å²) in [6, 6.07) is -0.893. The van der Waals surface area contributed by atoms with Crippen molar-refractivity contribution in [2.24, 2.45) is 5.73 Å². The number of alkyl halides is 1. The Balaban J connectivity index is 3.58. The lowest BCUT2D eigenvalue weighted by atomic mass is 10.2. The summed E-state index contributed by atoms with van der Waals surface area (Å²) in [6.45, 7) is 0. The highest BCUT2D eigenvalue weighted by Crippen LogP contribution is 1.84. The van der Waals surface area contributed by atoms with Crippen LogP contribution in [0, 0.1) is 11.8 Å². The molecule has 0 amide bonds. The van der Waals surface area contributed by atoms with Crippen LogP contribution in [0.5, 0.6) is 0 Å². The summed E-state index contributed by atoms with van der Waals surface area (Å²) in [5, 5.41) is 8.26. The number of hydrogen-bond acceptors (Lipinski definition) is 2. The van der Waals surface area contributed by atoms with Gasteiger partial charge in [-0.05, 0) is 0 Å². The molecule has 0 saturated carbocycles. The Morgan fingerprint density at radius 2 is 2.30 bits per heavy atom. The van der Waals surface area contributed by atoms with Gasteiger partial charge in [-0.3, -0.25) is 4.79 Å². The SMILES string of the molecule is N[C@H](CC#CCCl)C(=O)O. The Morgan fingerprint density at radius 1 is 1.70 bits per heavy atom. The molecule has 10 heavy (non-hydrogen) atoms. The Kier molecular flexibility index (Phi) is 4.73. The van der Waals surface area contributed by atoms with Crippen molar-refractivity contribution >= 4 is 17.6 Å². The van der Waals surface area contributed by atoms with Crippen molar-refractivity contribution in [2.75, 3.05) is 5.88 Å². The third-order valence-corrected chi connectivity index (χ3v) is 0.965. The molecule has 3 nitrogen and oxygen atoms in total. The largest absolute Gasteiger partial charge is 0.480 e. The fourth-order valence-corrected chi connectivity index (χ4v) is 0.411. The van der Waals surface area contributed by atoms with E-state index in [-0.39, 0.29) is 12.3 Å². The maximum absolute atomic E-state index is 10.1. The molecule has 1 atom stereocenters. The Hall–Kier alpha value is -0.720. The molecule has 0 aliphatic rings. The fourth-order valence-electron chi connectivity index (χ4n) is 0.317. The lowest BCUT2D eigenvalue weighted by molar-refractivity contribution is -0.138. The molecule has 0 aliphatic heterocycles. The summed E-state index contributed by atoms with van der Waals surface area (Å²) < 4.78 is 0. The van der Waals surface area contributed by atoms with E-state index in [4.69, 9.17) is 22.4 Å². The first-order chi connectivity index (χ1) is 4.68. The molecular formula is C6H8ClNO2. The number of carboxylic acids is 1. The van der Waals surface area contributed by atoms with E-state index in [1.165, 1.54) is 0 Å². The summed E-state index contributed by atoms with van der Waals surface area (Å²) in [6.07, 6.45) is 0.155. The molecule has 0 spiro atoms. The summed E-state index contributed by atoms with van der Waals surface area (Å²) in [5.41, 5.74) is 5.11. The highest BCUT2D eigenvalue weighted by atomic mass is 35.5. The monoisotopic (exact) mass is 161 g/mol. The van der Waals surface area contributed by atoms with Crippen LogP contribution in [0.4, 0.5) is 0 Å². The molecule has 0 bridgehead atoms. The van der Waals surface area contributed by atoms with E-state index in [9.17, 15) is 4.79 Å². The average molecular weight is 162 g/mol. The second-order valence-corrected chi connectivity index (χ2v) is 1.90. The number of carbonyl (C=O) groups is 1. The van der Waals surface area contributed by atoms with E-state index in [0.29, 0.717) is 0 Å². The minimum absolute atomic E-state index is 0.155. The minimum atomic E-state index is -1.04. The summed E-state index contributed by atoms with van der Waals surface area (Å²) in [4.78, 5) is 10.1. The maximum Gasteiger partial charge on any atom is 0.321 e. The van der Waals surface area contributed by atoms with Crippen LogP contribution in [0.25, 0.3) is 0 Å². The molecule has 0 heterocycles. The van der Waals surface area contributed by atoms with Crippen LogP contribution in [-0.2, 0) is 4.79 Å². The van der Waals surface area contributed by atoms with Gasteiger partial charge in [0.15, 0.2) is 0 Å². The van der Waals surface area contributed by atoms with E-state index >= 15 is 0 Å². The number of aliphatic carboxylic acids is 1. The van der Waals surface area contributed by atoms with Crippen molar-refractivity contribution in [3.8, 4) is 11.8 Å². The van der Waals surface area contributed by atoms with Crippen molar-refractivity contribution in [3.63, 3.8) is 0 Å². The molecule has 0 rings (SSSR count). The van der Waals surface area contributed by atoms with Gasteiger partial charge < -0.3 is 10.8 Å². The summed E-state index contributed by atoms with van der Waals surface area (Å²) in [5.74, 6) is 4.21. The van der Waals surface area contributed by atoms with Gasteiger partial charge in [0.2, 0.25) is 0 Å². The molecule has 0 aromatic rings. The molecule has 0 fully saturated rings. The predicted molar refractivity (Wildman–Crippen MR) is 38.7 cm³/mol. The topological polar surface area (TPSA) is 63.3 Å². The Labute approximate surface area is 64.2 Å². The molecule has 4 heteroatoms. The van der Waals surface area contributed by atoms with Gasteiger partial charge in [0, 0.05) is 6.42 Å². The number of hydrogen-bond donors (Lipinski definition) is 2. The van der Waals surface area contributed by atoms with E-state index in [0.717, 1.165) is 0 Å². The maximum atomic E-state index is 10.1. The standard InChI is InChI=1S/C6H8ClNO2/c7-4-2-1-3-5(8)6(9)10/h5H,3-4,8H2,(H,9,10)/t5-/m1/s1. The third kappa shape index (κ3) is 4.19. The highest BCUT2D eigenvalue weighted by molar-refractivity contribution is 6.19. The van der Waals surface area contributed by atoms with Crippen LogP contribution >= 0.6 is 11.6 Å². The van der Waals surface area contributed by atoms with Crippen LogP contribution in [0.2, 0.25) is 0 Å².